The van der Waals surface area contributed by atoms with Crippen molar-refractivity contribution in [3.8, 4) is 11.4 Å². The van der Waals surface area contributed by atoms with E-state index >= 15 is 0 Å². The highest BCUT2D eigenvalue weighted by atomic mass is 19.4. The van der Waals surface area contributed by atoms with E-state index in [1.54, 1.807) is 24.3 Å². The standard InChI is InChI=1S/C21H17F5N6O/c22-20(23)6-9-32(16(20)12-31-19-29-10-13(11-30-19)21(24,25)26)18(33)15-5-2-1-4-14(15)17-27-7-3-8-28-17/h1-5,7-8,10-11,16H,6,9,12H2,(H,29,30,31). The Labute approximate surface area is 184 Å². The first-order valence-corrected chi connectivity index (χ1v) is 9.85. The van der Waals surface area contributed by atoms with Crippen LogP contribution < -0.4 is 5.32 Å². The minimum atomic E-state index is -4.61. The predicted octanol–water partition coefficient (Wildman–Crippen LogP) is 3.91. The minimum absolute atomic E-state index is 0.164. The second-order valence-electron chi connectivity index (χ2n) is 7.32. The monoisotopic (exact) mass is 464 g/mol. The molecule has 1 fully saturated rings. The van der Waals surface area contributed by atoms with Crippen molar-refractivity contribution in [1.29, 1.82) is 0 Å². The lowest BCUT2D eigenvalue weighted by Gasteiger charge is -2.28. The van der Waals surface area contributed by atoms with E-state index < -0.39 is 42.6 Å². The van der Waals surface area contributed by atoms with Gasteiger partial charge in [0.2, 0.25) is 5.95 Å². The fourth-order valence-corrected chi connectivity index (χ4v) is 3.53. The van der Waals surface area contributed by atoms with Crippen LogP contribution in [0.3, 0.4) is 0 Å². The van der Waals surface area contributed by atoms with Gasteiger partial charge in [0.15, 0.2) is 5.82 Å². The van der Waals surface area contributed by atoms with Crippen LogP contribution in [0.15, 0.2) is 55.1 Å². The van der Waals surface area contributed by atoms with Gasteiger partial charge in [0.25, 0.3) is 11.8 Å². The van der Waals surface area contributed by atoms with E-state index in [-0.39, 0.29) is 23.9 Å². The number of anilines is 1. The molecule has 1 unspecified atom stereocenters. The van der Waals surface area contributed by atoms with E-state index in [4.69, 9.17) is 0 Å². The molecule has 1 aliphatic heterocycles. The van der Waals surface area contributed by atoms with Gasteiger partial charge in [0.05, 0.1) is 11.1 Å². The lowest BCUT2D eigenvalue weighted by Crippen LogP contribution is -2.47. The first-order valence-electron chi connectivity index (χ1n) is 9.85. The van der Waals surface area contributed by atoms with Gasteiger partial charge in [0, 0.05) is 49.9 Å². The summed E-state index contributed by atoms with van der Waals surface area (Å²) in [5, 5.41) is 2.52. The van der Waals surface area contributed by atoms with Crippen LogP contribution in [0.1, 0.15) is 22.3 Å². The number of alkyl halides is 5. The number of nitrogens with one attached hydrogen (secondary N) is 1. The number of carbonyl (C=O) groups excluding carboxylic acids is 1. The Morgan fingerprint density at radius 1 is 1.06 bits per heavy atom. The molecular formula is C21H17F5N6O. The second kappa shape index (κ2) is 8.68. The number of hydrogen-bond donors (Lipinski definition) is 1. The SMILES string of the molecule is O=C(c1ccccc1-c1ncccn1)N1CCC(F)(F)C1CNc1ncc(C(F)(F)F)cn1. The third-order valence-electron chi connectivity index (χ3n) is 5.21. The zero-order chi connectivity index (χ0) is 23.6. The summed E-state index contributed by atoms with van der Waals surface area (Å²) in [5.74, 6) is -3.82. The van der Waals surface area contributed by atoms with Crippen molar-refractivity contribution in [3.63, 3.8) is 0 Å². The number of hydrogen-bond acceptors (Lipinski definition) is 6. The summed E-state index contributed by atoms with van der Waals surface area (Å²) in [4.78, 5) is 29.6. The van der Waals surface area contributed by atoms with Gasteiger partial charge in [-0.3, -0.25) is 4.79 Å². The summed E-state index contributed by atoms with van der Waals surface area (Å²) < 4.78 is 67.2. The average Bonchev–Trinajstić information content (AvgIpc) is 3.11. The van der Waals surface area contributed by atoms with Gasteiger partial charge < -0.3 is 10.2 Å². The van der Waals surface area contributed by atoms with Crippen LogP contribution in [-0.4, -0.2) is 55.8 Å². The van der Waals surface area contributed by atoms with Crippen molar-refractivity contribution in [2.24, 2.45) is 0 Å². The van der Waals surface area contributed by atoms with Crippen molar-refractivity contribution in [2.75, 3.05) is 18.4 Å². The van der Waals surface area contributed by atoms with Gasteiger partial charge in [-0.2, -0.15) is 13.2 Å². The van der Waals surface area contributed by atoms with Crippen LogP contribution in [0.4, 0.5) is 27.9 Å². The summed E-state index contributed by atoms with van der Waals surface area (Å²) in [6.07, 6.45) is -1.05. The van der Waals surface area contributed by atoms with E-state index in [1.165, 1.54) is 18.5 Å². The second-order valence-corrected chi connectivity index (χ2v) is 7.32. The Balaban J connectivity index is 1.55. The number of rotatable bonds is 5. The summed E-state index contributed by atoms with van der Waals surface area (Å²) >= 11 is 0. The van der Waals surface area contributed by atoms with Crippen molar-refractivity contribution in [3.05, 3.63) is 66.2 Å². The smallest absolute Gasteiger partial charge is 0.352 e. The number of benzene rings is 1. The fraction of sp³-hybridized carbons (Fsp3) is 0.286. The minimum Gasteiger partial charge on any atom is -0.352 e. The molecule has 3 aromatic rings. The van der Waals surface area contributed by atoms with E-state index in [0.717, 1.165) is 4.90 Å². The number of likely N-dealkylation sites (tertiary alicyclic amines) is 1. The summed E-state index contributed by atoms with van der Waals surface area (Å²) in [5.41, 5.74) is -0.496. The summed E-state index contributed by atoms with van der Waals surface area (Å²) in [7, 11) is 0. The molecule has 0 aliphatic carbocycles. The molecule has 1 aromatic carbocycles. The molecule has 0 saturated carbocycles. The molecule has 7 nitrogen and oxygen atoms in total. The largest absolute Gasteiger partial charge is 0.419 e. The molecule has 1 N–H and O–H groups in total. The number of nitrogens with zero attached hydrogens (tertiary/aromatic N) is 5. The molecule has 3 heterocycles. The lowest BCUT2D eigenvalue weighted by atomic mass is 10.0. The van der Waals surface area contributed by atoms with E-state index in [2.05, 4.69) is 25.3 Å². The number of carbonyl (C=O) groups is 1. The molecule has 12 heteroatoms. The number of amides is 1. The summed E-state index contributed by atoms with van der Waals surface area (Å²) in [6.45, 7) is -0.649. The third kappa shape index (κ3) is 4.73. The molecule has 4 rings (SSSR count). The van der Waals surface area contributed by atoms with Crippen LogP contribution >= 0.6 is 0 Å². The molecule has 0 bridgehead atoms. The highest BCUT2D eigenvalue weighted by molar-refractivity contribution is 6.00. The van der Waals surface area contributed by atoms with E-state index in [0.29, 0.717) is 18.0 Å². The maximum absolute atomic E-state index is 14.6. The van der Waals surface area contributed by atoms with Crippen molar-refractivity contribution >= 4 is 11.9 Å². The van der Waals surface area contributed by atoms with Crippen LogP contribution in [0.2, 0.25) is 0 Å². The van der Waals surface area contributed by atoms with Crippen molar-refractivity contribution < 1.29 is 26.7 Å². The van der Waals surface area contributed by atoms with Crippen molar-refractivity contribution in [1.82, 2.24) is 24.8 Å². The molecule has 2 aromatic heterocycles. The van der Waals surface area contributed by atoms with Gasteiger partial charge in [-0.1, -0.05) is 18.2 Å². The molecule has 1 atom stereocenters. The highest BCUT2D eigenvalue weighted by Gasteiger charge is 2.50. The lowest BCUT2D eigenvalue weighted by molar-refractivity contribution is -0.138. The predicted molar refractivity (Wildman–Crippen MR) is 107 cm³/mol. The zero-order valence-corrected chi connectivity index (χ0v) is 16.9. The quantitative estimate of drug-likeness (QED) is 0.577. The van der Waals surface area contributed by atoms with Gasteiger partial charge in [0.1, 0.15) is 6.04 Å². The van der Waals surface area contributed by atoms with Gasteiger partial charge >= 0.3 is 6.18 Å². The first-order chi connectivity index (χ1) is 15.7. The Hall–Kier alpha value is -3.70. The normalized spacial score (nSPS) is 17.7. The molecule has 1 aliphatic rings. The molecule has 0 radical (unpaired) electrons. The van der Waals surface area contributed by atoms with E-state index in [1.807, 2.05) is 0 Å². The average molecular weight is 464 g/mol. The summed E-state index contributed by atoms with van der Waals surface area (Å²) in [6, 6.07) is 6.48. The molecule has 0 spiro atoms. The molecule has 172 valence electrons. The molecule has 1 saturated heterocycles. The fourth-order valence-electron chi connectivity index (χ4n) is 3.53. The maximum Gasteiger partial charge on any atom is 0.419 e. The Morgan fingerprint density at radius 3 is 2.39 bits per heavy atom. The molecule has 33 heavy (non-hydrogen) atoms. The van der Waals surface area contributed by atoms with E-state index in [9.17, 15) is 26.7 Å². The van der Waals surface area contributed by atoms with Gasteiger partial charge in [-0.05, 0) is 12.1 Å². The van der Waals surface area contributed by atoms with Crippen LogP contribution in [-0.2, 0) is 6.18 Å². The van der Waals surface area contributed by atoms with Crippen molar-refractivity contribution in [2.45, 2.75) is 24.6 Å². The zero-order valence-electron chi connectivity index (χ0n) is 16.9. The number of halogens is 5. The number of aromatic nitrogens is 4. The Morgan fingerprint density at radius 2 is 1.73 bits per heavy atom. The Kier molecular flexibility index (Phi) is 5.91. The maximum atomic E-state index is 14.6. The van der Waals surface area contributed by atoms with Crippen LogP contribution in [0, 0.1) is 0 Å². The first kappa shape index (κ1) is 22.5. The van der Waals surface area contributed by atoms with Gasteiger partial charge in [-0.15, -0.1) is 0 Å². The van der Waals surface area contributed by atoms with Crippen LogP contribution in [0.25, 0.3) is 11.4 Å². The van der Waals surface area contributed by atoms with Gasteiger partial charge in [-0.25, -0.2) is 28.7 Å². The molecular weight excluding hydrogens is 447 g/mol. The highest BCUT2D eigenvalue weighted by Crippen LogP contribution is 2.36. The third-order valence-corrected chi connectivity index (χ3v) is 5.21. The molecule has 1 amide bonds. The Bertz CT molecular complexity index is 1120. The topological polar surface area (TPSA) is 83.9 Å². The van der Waals surface area contributed by atoms with Crippen LogP contribution in [0.5, 0.6) is 0 Å².